The van der Waals surface area contributed by atoms with Gasteiger partial charge in [0.05, 0.1) is 22.2 Å². The highest BCUT2D eigenvalue weighted by Crippen LogP contribution is 2.36. The van der Waals surface area contributed by atoms with Crippen molar-refractivity contribution in [2.45, 2.75) is 160 Å². The van der Waals surface area contributed by atoms with E-state index in [0.717, 1.165) is 88.0 Å². The molecule has 6 aromatic heterocycles. The number of sulfone groups is 1. The van der Waals surface area contributed by atoms with E-state index < -0.39 is 21.0 Å². The van der Waals surface area contributed by atoms with Gasteiger partial charge in [0.1, 0.15) is 22.6 Å². The third-order valence-corrected chi connectivity index (χ3v) is 14.2. The van der Waals surface area contributed by atoms with E-state index in [2.05, 4.69) is 45.0 Å². The smallest absolute Gasteiger partial charge is 0.410 e. The molecule has 4 saturated heterocycles. The normalized spacial score (nSPS) is 19.9. The van der Waals surface area contributed by atoms with Gasteiger partial charge >= 0.3 is 12.2 Å². The average Bonchev–Trinajstić information content (AvgIpc) is 4.15. The molecule has 2 unspecified atom stereocenters. The second kappa shape index (κ2) is 24.9. The summed E-state index contributed by atoms with van der Waals surface area (Å²) in [5.41, 5.74) is 9.83. The number of anilines is 1. The van der Waals surface area contributed by atoms with Crippen LogP contribution in [0.1, 0.15) is 129 Å². The first-order chi connectivity index (χ1) is 38.0. The molecule has 25 heteroatoms. The number of nitrogens with zero attached hydrogens (tertiary/aromatic N) is 14. The lowest BCUT2D eigenvalue weighted by Crippen LogP contribution is -2.47. The van der Waals surface area contributed by atoms with E-state index in [1.807, 2.05) is 54.5 Å². The summed E-state index contributed by atoms with van der Waals surface area (Å²) in [7, 11) is -3.56. The van der Waals surface area contributed by atoms with Crippen LogP contribution in [-0.2, 0) is 28.8 Å². The Labute approximate surface area is 466 Å². The van der Waals surface area contributed by atoms with Crippen LogP contribution in [0.5, 0.6) is 0 Å². The van der Waals surface area contributed by atoms with E-state index in [4.69, 9.17) is 47.9 Å². The first-order valence-electron chi connectivity index (χ1n) is 27.1. The molecule has 0 bridgehead atoms. The van der Waals surface area contributed by atoms with Gasteiger partial charge in [-0.15, -0.1) is 0 Å². The third kappa shape index (κ3) is 14.7. The predicted molar refractivity (Wildman–Crippen MR) is 299 cm³/mol. The number of carbonyl (C=O) groups excluding carboxylic acids is 2. The number of nitrogens with one attached hydrogen (secondary N) is 1. The quantitative estimate of drug-likeness (QED) is 0.111. The average molecular weight is 1120 g/mol. The molecule has 6 aromatic rings. The first-order valence-corrected chi connectivity index (χ1v) is 29.0. The molecule has 0 aromatic carbocycles. The van der Waals surface area contributed by atoms with Crippen molar-refractivity contribution in [3.63, 3.8) is 0 Å². The maximum Gasteiger partial charge on any atom is 0.410 e. The van der Waals surface area contributed by atoms with E-state index in [-0.39, 0.29) is 47.7 Å². The molecular formula is C55H72N16O8S. The number of carbonyl (C=O) groups is 2. The van der Waals surface area contributed by atoms with Gasteiger partial charge < -0.3 is 49.5 Å². The van der Waals surface area contributed by atoms with Gasteiger partial charge in [-0.2, -0.15) is 19.6 Å². The van der Waals surface area contributed by atoms with Crippen LogP contribution in [0, 0.1) is 27.0 Å². The molecule has 10 rings (SSSR count). The first kappa shape index (κ1) is 58.7. The van der Waals surface area contributed by atoms with Gasteiger partial charge in [0.25, 0.3) is 22.9 Å². The molecule has 4 aliphatic heterocycles. The largest absolute Gasteiger partial charge is 0.444 e. The minimum atomic E-state index is -3.56. The Hall–Kier alpha value is -7.45. The number of ether oxygens (including phenoxy) is 4. The summed E-state index contributed by atoms with van der Waals surface area (Å²) >= 11 is 0. The topological polar surface area (TPSA) is 271 Å². The number of piperidine rings is 2. The Morgan fingerprint density at radius 3 is 1.61 bits per heavy atom. The molecule has 426 valence electrons. The Kier molecular flexibility index (Phi) is 18.3. The molecule has 80 heavy (non-hydrogen) atoms. The van der Waals surface area contributed by atoms with Gasteiger partial charge in [-0.05, 0) is 143 Å². The van der Waals surface area contributed by atoms with Gasteiger partial charge in [0.15, 0.2) is 12.5 Å². The molecular weight excluding hydrogens is 1040 g/mol. The molecule has 2 amide bonds. The van der Waals surface area contributed by atoms with Crippen molar-refractivity contribution in [1.29, 1.82) is 0 Å². The minimum absolute atomic E-state index is 0.000319. The summed E-state index contributed by atoms with van der Waals surface area (Å²) in [5, 5.41) is 14.3. The molecule has 4 aliphatic rings. The van der Waals surface area contributed by atoms with Crippen molar-refractivity contribution in [3.05, 3.63) is 70.6 Å². The Balaban J connectivity index is 0.000000175. The number of amides is 2. The van der Waals surface area contributed by atoms with Crippen molar-refractivity contribution in [1.82, 2.24) is 59.3 Å². The highest BCUT2D eigenvalue weighted by atomic mass is 32.2. The van der Waals surface area contributed by atoms with Crippen LogP contribution in [0.3, 0.4) is 0 Å². The number of hydrogen-bond acceptors (Lipinski definition) is 18. The van der Waals surface area contributed by atoms with Gasteiger partial charge in [0.2, 0.25) is 20.9 Å². The summed E-state index contributed by atoms with van der Waals surface area (Å²) in [5.74, 6) is 1.05. The molecule has 3 N–H and O–H groups in total. The fraction of sp³-hybridized carbons (Fsp3) is 0.564. The Morgan fingerprint density at radius 1 is 0.662 bits per heavy atom. The summed E-state index contributed by atoms with van der Waals surface area (Å²) in [4.78, 5) is 61.1. The van der Waals surface area contributed by atoms with Gasteiger partial charge in [-0.1, -0.05) is 35.2 Å². The molecule has 0 saturated carbocycles. The third-order valence-electron chi connectivity index (χ3n) is 13.4. The number of fused-ring (bicyclic) bond motifs is 2. The summed E-state index contributed by atoms with van der Waals surface area (Å²) in [6.07, 6.45) is 12.7. The predicted octanol–water partition coefficient (Wildman–Crippen LogP) is 9.45. The lowest BCUT2D eigenvalue weighted by molar-refractivity contribution is -0.0369. The van der Waals surface area contributed by atoms with Crippen LogP contribution >= 0.6 is 0 Å². The van der Waals surface area contributed by atoms with Crippen molar-refractivity contribution >= 4 is 61.7 Å². The summed E-state index contributed by atoms with van der Waals surface area (Å²) < 4.78 is 50.0. The fourth-order valence-electron chi connectivity index (χ4n) is 9.59. The number of aromatic nitrogens is 10. The van der Waals surface area contributed by atoms with Crippen LogP contribution < -0.4 is 11.1 Å². The Morgan fingerprint density at radius 2 is 1.15 bits per heavy atom. The van der Waals surface area contributed by atoms with Crippen molar-refractivity contribution in [2.24, 2.45) is 5.73 Å². The van der Waals surface area contributed by atoms with Crippen LogP contribution in [0.4, 0.5) is 27.2 Å². The maximum absolute atomic E-state index is 12.6. The number of nitrogens with two attached hydrogens (primary N) is 1. The SMILES string of the molecule is CC(C)(C)OC(=O)N1CCC[C@H](N)C1.[C-]#[N+]c1ccc2c(-c3nc(N[C@H]4CCCN(C(=O)OC(C)(C)C)C4)ncc3C)nn(C3CCCCO3)c2n1.[C-]#[N+]c1ccc2c(-c3nc(S(C)(=O)=O)ncc3C)nn(C3CCCCO3)c2n1. The van der Waals surface area contributed by atoms with Gasteiger partial charge in [-0.3, -0.25) is 0 Å². The molecule has 0 radical (unpaired) electrons. The number of aryl methyl sites for hydroxylation is 2. The lowest BCUT2D eigenvalue weighted by Gasteiger charge is -2.34. The molecule has 0 aliphatic carbocycles. The van der Waals surface area contributed by atoms with Crippen molar-refractivity contribution < 1.29 is 37.0 Å². The molecule has 4 fully saturated rings. The van der Waals surface area contributed by atoms with Crippen LogP contribution in [0.25, 0.3) is 54.5 Å². The van der Waals surface area contributed by atoms with Crippen molar-refractivity contribution in [3.8, 4) is 22.8 Å². The monoisotopic (exact) mass is 1120 g/mol. The number of pyridine rings is 2. The number of hydrogen-bond donors (Lipinski definition) is 2. The molecule has 0 spiro atoms. The van der Waals surface area contributed by atoms with E-state index in [1.165, 1.54) is 6.20 Å². The van der Waals surface area contributed by atoms with E-state index in [9.17, 15) is 18.0 Å². The number of rotatable bonds is 7. The summed E-state index contributed by atoms with van der Waals surface area (Å²) in [6, 6.07) is 7.07. The zero-order valence-electron chi connectivity index (χ0n) is 47.1. The van der Waals surface area contributed by atoms with E-state index in [0.29, 0.717) is 89.6 Å². The standard InChI is InChI=1S/C27H34N8O3.C18H18N6O3S.C10H20N2O2/c1-17-15-29-25(30-18-9-8-13-34(16-18)26(36)38-27(2,3)4)32-22(17)23-19-11-12-20(28-5)31-24(19)35(33-23)21-10-6-7-14-37-21;1-11-10-20-18(28(3,25)26)22-15(11)16-12-7-8-13(19-2)21-17(12)24(23-16)14-6-4-5-9-27-14;1-10(2,3)14-9(13)12-6-4-5-8(11)7-12/h11-12,15,18,21H,6-10,13-14,16H2,1-4H3,(H,29,30,32);7-8,10,14H,4-6,9H2,1,3H3;8H,4-7,11H2,1-3H3/t18-,21?;;8-/m0.0/s1. The highest BCUT2D eigenvalue weighted by molar-refractivity contribution is 7.90. The second-order valence-electron chi connectivity index (χ2n) is 22.5. The highest BCUT2D eigenvalue weighted by Gasteiger charge is 2.32. The maximum atomic E-state index is 12.6. The zero-order valence-corrected chi connectivity index (χ0v) is 47.9. The zero-order chi connectivity index (χ0) is 57.5. The van der Waals surface area contributed by atoms with Crippen LogP contribution in [-0.4, -0.2) is 149 Å². The Bertz CT molecular complexity index is 3400. The molecule has 24 nitrogen and oxygen atoms in total. The van der Waals surface area contributed by atoms with E-state index in [1.54, 1.807) is 50.5 Å². The number of likely N-dealkylation sites (tertiary alicyclic amines) is 2. The van der Waals surface area contributed by atoms with Crippen molar-refractivity contribution in [2.75, 3.05) is 51.0 Å². The van der Waals surface area contributed by atoms with Gasteiger partial charge in [-0.25, -0.2) is 37.9 Å². The van der Waals surface area contributed by atoms with E-state index >= 15 is 0 Å². The lowest BCUT2D eigenvalue weighted by atomic mass is 10.1. The summed E-state index contributed by atoms with van der Waals surface area (Å²) in [6.45, 7) is 33.5. The fourth-order valence-corrected chi connectivity index (χ4v) is 10.1. The van der Waals surface area contributed by atoms with Crippen LogP contribution in [0.15, 0.2) is 41.8 Å². The molecule has 4 atom stereocenters. The van der Waals surface area contributed by atoms with Crippen LogP contribution in [0.2, 0.25) is 0 Å². The minimum Gasteiger partial charge on any atom is -0.444 e. The second-order valence-corrected chi connectivity index (χ2v) is 24.4. The molecule has 10 heterocycles. The van der Waals surface area contributed by atoms with Gasteiger partial charge in [0, 0.05) is 70.1 Å².